The van der Waals surface area contributed by atoms with Crippen LogP contribution in [0.5, 0.6) is 5.75 Å². The average Bonchev–Trinajstić information content (AvgIpc) is 2.75. The molecule has 0 aliphatic heterocycles. The van der Waals surface area contributed by atoms with Crippen molar-refractivity contribution in [2.75, 3.05) is 7.11 Å². The standard InChI is InChI=1S/C13H14BrNOS/c1-16-12-4-2-3-10(5-12)7-15-8-13-6-11(14)9-17-13/h2-6,9,15H,7-8H2,1H3. The minimum atomic E-state index is 0.854. The van der Waals surface area contributed by atoms with Gasteiger partial charge in [-0.25, -0.2) is 0 Å². The number of hydrogen-bond acceptors (Lipinski definition) is 3. The average molecular weight is 312 g/mol. The summed E-state index contributed by atoms with van der Waals surface area (Å²) in [5, 5.41) is 5.52. The zero-order valence-corrected chi connectivity index (χ0v) is 12.0. The highest BCUT2D eigenvalue weighted by Gasteiger charge is 1.98. The Bertz CT molecular complexity index is 484. The molecule has 17 heavy (non-hydrogen) atoms. The van der Waals surface area contributed by atoms with Gasteiger partial charge in [-0.05, 0) is 39.7 Å². The van der Waals surface area contributed by atoms with Crippen LogP contribution in [0.4, 0.5) is 0 Å². The van der Waals surface area contributed by atoms with Crippen LogP contribution in [0.1, 0.15) is 10.4 Å². The molecule has 0 amide bonds. The Kier molecular flexibility index (Phi) is 4.59. The summed E-state index contributed by atoms with van der Waals surface area (Å²) in [7, 11) is 1.69. The minimum Gasteiger partial charge on any atom is -0.497 e. The molecule has 1 aromatic heterocycles. The zero-order chi connectivity index (χ0) is 12.1. The summed E-state index contributed by atoms with van der Waals surface area (Å²) in [4.78, 5) is 1.33. The molecule has 0 unspecified atom stereocenters. The van der Waals surface area contributed by atoms with Crippen molar-refractivity contribution in [2.45, 2.75) is 13.1 Å². The highest BCUT2D eigenvalue weighted by molar-refractivity contribution is 9.10. The molecule has 0 aliphatic carbocycles. The molecule has 1 aromatic carbocycles. The van der Waals surface area contributed by atoms with E-state index in [-0.39, 0.29) is 0 Å². The summed E-state index contributed by atoms with van der Waals surface area (Å²) in [6.07, 6.45) is 0. The fraction of sp³-hybridized carbons (Fsp3) is 0.231. The van der Waals surface area contributed by atoms with Gasteiger partial charge in [0, 0.05) is 27.8 Å². The Morgan fingerprint density at radius 1 is 1.29 bits per heavy atom. The Hall–Kier alpha value is -0.840. The summed E-state index contributed by atoms with van der Waals surface area (Å²) in [6, 6.07) is 10.3. The monoisotopic (exact) mass is 311 g/mol. The van der Waals surface area contributed by atoms with Crippen molar-refractivity contribution in [1.29, 1.82) is 0 Å². The first-order chi connectivity index (χ1) is 8.28. The number of rotatable bonds is 5. The molecule has 1 N–H and O–H groups in total. The molecule has 4 heteroatoms. The number of hydrogen-bond donors (Lipinski definition) is 1. The highest BCUT2D eigenvalue weighted by Crippen LogP contribution is 2.19. The quantitative estimate of drug-likeness (QED) is 0.906. The molecule has 0 bridgehead atoms. The molecule has 0 radical (unpaired) electrons. The van der Waals surface area contributed by atoms with Crippen LogP contribution in [-0.2, 0) is 13.1 Å². The molecular weight excluding hydrogens is 298 g/mol. The third kappa shape index (κ3) is 3.84. The Morgan fingerprint density at radius 3 is 2.88 bits per heavy atom. The van der Waals surface area contributed by atoms with Gasteiger partial charge in [0.15, 0.2) is 0 Å². The van der Waals surface area contributed by atoms with Crippen molar-refractivity contribution in [3.8, 4) is 5.75 Å². The van der Waals surface area contributed by atoms with Gasteiger partial charge >= 0.3 is 0 Å². The summed E-state index contributed by atoms with van der Waals surface area (Å²) in [5.74, 6) is 0.906. The van der Waals surface area contributed by atoms with Crippen LogP contribution in [0, 0.1) is 0 Å². The third-order valence-corrected chi connectivity index (χ3v) is 4.08. The van der Waals surface area contributed by atoms with E-state index in [1.807, 2.05) is 12.1 Å². The van der Waals surface area contributed by atoms with E-state index in [9.17, 15) is 0 Å². The van der Waals surface area contributed by atoms with Gasteiger partial charge < -0.3 is 10.1 Å². The highest BCUT2D eigenvalue weighted by atomic mass is 79.9. The summed E-state index contributed by atoms with van der Waals surface area (Å²) in [5.41, 5.74) is 1.24. The van der Waals surface area contributed by atoms with Crippen molar-refractivity contribution < 1.29 is 4.74 Å². The Morgan fingerprint density at radius 2 is 2.18 bits per heavy atom. The lowest BCUT2D eigenvalue weighted by molar-refractivity contribution is 0.414. The number of halogens is 1. The van der Waals surface area contributed by atoms with Crippen molar-refractivity contribution in [1.82, 2.24) is 5.32 Å². The molecule has 0 fully saturated rings. The molecule has 90 valence electrons. The van der Waals surface area contributed by atoms with Gasteiger partial charge in [-0.1, -0.05) is 12.1 Å². The van der Waals surface area contributed by atoms with Crippen LogP contribution in [-0.4, -0.2) is 7.11 Å². The second kappa shape index (κ2) is 6.19. The van der Waals surface area contributed by atoms with E-state index in [4.69, 9.17) is 4.74 Å². The van der Waals surface area contributed by atoms with Crippen molar-refractivity contribution in [3.05, 3.63) is 50.6 Å². The zero-order valence-electron chi connectivity index (χ0n) is 9.57. The van der Waals surface area contributed by atoms with Crippen LogP contribution in [0.25, 0.3) is 0 Å². The van der Waals surface area contributed by atoms with Gasteiger partial charge in [-0.3, -0.25) is 0 Å². The molecule has 0 saturated heterocycles. The van der Waals surface area contributed by atoms with E-state index >= 15 is 0 Å². The molecule has 0 atom stereocenters. The van der Waals surface area contributed by atoms with Crippen molar-refractivity contribution in [3.63, 3.8) is 0 Å². The SMILES string of the molecule is COc1cccc(CNCc2cc(Br)cs2)c1. The lowest BCUT2D eigenvalue weighted by Crippen LogP contribution is -2.11. The van der Waals surface area contributed by atoms with E-state index in [1.165, 1.54) is 10.4 Å². The minimum absolute atomic E-state index is 0.854. The van der Waals surface area contributed by atoms with Crippen LogP contribution in [0.3, 0.4) is 0 Å². The first-order valence-electron chi connectivity index (χ1n) is 5.34. The number of benzene rings is 1. The number of methoxy groups -OCH3 is 1. The van der Waals surface area contributed by atoms with Crippen LogP contribution < -0.4 is 10.1 Å². The predicted octanol–water partition coefficient (Wildman–Crippen LogP) is 3.81. The second-order valence-corrected chi connectivity index (χ2v) is 5.60. The molecule has 2 aromatic rings. The fourth-order valence-electron chi connectivity index (χ4n) is 1.56. The fourth-order valence-corrected chi connectivity index (χ4v) is 2.98. The maximum atomic E-state index is 5.19. The van der Waals surface area contributed by atoms with E-state index in [1.54, 1.807) is 18.4 Å². The predicted molar refractivity (Wildman–Crippen MR) is 75.6 cm³/mol. The summed E-state index contributed by atoms with van der Waals surface area (Å²) in [6.45, 7) is 1.75. The smallest absolute Gasteiger partial charge is 0.119 e. The molecule has 2 nitrogen and oxygen atoms in total. The molecule has 0 aliphatic rings. The molecule has 0 spiro atoms. The molecule has 0 saturated carbocycles. The molecule has 1 heterocycles. The normalized spacial score (nSPS) is 10.5. The van der Waals surface area contributed by atoms with Gasteiger partial charge in [0.05, 0.1) is 7.11 Å². The third-order valence-electron chi connectivity index (χ3n) is 2.38. The van der Waals surface area contributed by atoms with Gasteiger partial charge in [-0.15, -0.1) is 11.3 Å². The Balaban J connectivity index is 1.85. The second-order valence-electron chi connectivity index (χ2n) is 3.69. The largest absolute Gasteiger partial charge is 0.497 e. The van der Waals surface area contributed by atoms with E-state index in [2.05, 4.69) is 44.8 Å². The summed E-state index contributed by atoms with van der Waals surface area (Å²) >= 11 is 5.21. The van der Waals surface area contributed by atoms with Crippen LogP contribution in [0.2, 0.25) is 0 Å². The van der Waals surface area contributed by atoms with Gasteiger partial charge in [0.2, 0.25) is 0 Å². The van der Waals surface area contributed by atoms with E-state index < -0.39 is 0 Å². The van der Waals surface area contributed by atoms with E-state index in [0.717, 1.165) is 23.3 Å². The lowest BCUT2D eigenvalue weighted by atomic mass is 10.2. The number of ether oxygens (including phenoxy) is 1. The van der Waals surface area contributed by atoms with Gasteiger partial charge in [0.1, 0.15) is 5.75 Å². The van der Waals surface area contributed by atoms with Crippen LogP contribution in [0.15, 0.2) is 40.2 Å². The topological polar surface area (TPSA) is 21.3 Å². The van der Waals surface area contributed by atoms with Gasteiger partial charge in [-0.2, -0.15) is 0 Å². The first kappa shape index (κ1) is 12.6. The van der Waals surface area contributed by atoms with Crippen LogP contribution >= 0.6 is 27.3 Å². The molecule has 2 rings (SSSR count). The molecular formula is C13H14BrNOS. The van der Waals surface area contributed by atoms with Crippen molar-refractivity contribution >= 4 is 27.3 Å². The maximum Gasteiger partial charge on any atom is 0.119 e. The number of nitrogens with one attached hydrogen (secondary N) is 1. The number of thiophene rings is 1. The van der Waals surface area contributed by atoms with E-state index in [0.29, 0.717) is 0 Å². The van der Waals surface area contributed by atoms with Crippen molar-refractivity contribution in [2.24, 2.45) is 0 Å². The first-order valence-corrected chi connectivity index (χ1v) is 7.02. The summed E-state index contributed by atoms with van der Waals surface area (Å²) < 4.78 is 6.34. The Labute approximate surface area is 114 Å². The lowest BCUT2D eigenvalue weighted by Gasteiger charge is -2.05. The van der Waals surface area contributed by atoms with Gasteiger partial charge in [0.25, 0.3) is 0 Å². The maximum absolute atomic E-state index is 5.19.